The van der Waals surface area contributed by atoms with Gasteiger partial charge in [0.15, 0.2) is 18.1 Å². The molecule has 0 spiro atoms. The molecule has 2 aromatic carbocycles. The number of rotatable bonds is 8. The van der Waals surface area contributed by atoms with Gasteiger partial charge in [-0.2, -0.15) is 0 Å². The summed E-state index contributed by atoms with van der Waals surface area (Å²) in [6, 6.07) is 7.10. The van der Waals surface area contributed by atoms with Gasteiger partial charge in [0.2, 0.25) is 0 Å². The van der Waals surface area contributed by atoms with Gasteiger partial charge in [-0.05, 0) is 31.2 Å². The fraction of sp³-hybridized carbons (Fsp3) is 0.250. The number of anilines is 1. The van der Waals surface area contributed by atoms with E-state index in [1.54, 1.807) is 6.92 Å². The molecule has 0 fully saturated rings. The number of nitro benzene ring substituents is 1. The number of amides is 1. The summed E-state index contributed by atoms with van der Waals surface area (Å²) in [6.07, 6.45) is 0.658. The van der Waals surface area contributed by atoms with Gasteiger partial charge in [-0.15, -0.1) is 0 Å². The second-order valence-corrected chi connectivity index (χ2v) is 6.61. The summed E-state index contributed by atoms with van der Waals surface area (Å²) in [7, 11) is 3.04. The van der Waals surface area contributed by atoms with Crippen molar-refractivity contribution >= 4 is 34.6 Å². The molecule has 11 nitrogen and oxygen atoms in total. The summed E-state index contributed by atoms with van der Waals surface area (Å²) in [6.45, 7) is 1.63. The smallest absolute Gasteiger partial charge is 0.328 e. The van der Waals surface area contributed by atoms with Gasteiger partial charge in [-0.25, -0.2) is 4.79 Å². The van der Waals surface area contributed by atoms with Gasteiger partial charge in [-0.1, -0.05) is 0 Å². The lowest BCUT2D eigenvalue weighted by Gasteiger charge is -2.12. The monoisotopic (exact) mass is 428 g/mol. The molecular formula is C20H20N4O7. The van der Waals surface area contributed by atoms with E-state index >= 15 is 0 Å². The van der Waals surface area contributed by atoms with Gasteiger partial charge in [0.25, 0.3) is 11.6 Å². The number of hydrogen-bond donors (Lipinski definition) is 1. The van der Waals surface area contributed by atoms with Crippen LogP contribution < -0.4 is 20.5 Å². The first-order chi connectivity index (χ1) is 14.8. The third-order valence-electron chi connectivity index (χ3n) is 4.62. The van der Waals surface area contributed by atoms with Crippen LogP contribution in [0.25, 0.3) is 11.0 Å². The summed E-state index contributed by atoms with van der Waals surface area (Å²) in [5, 5.41) is 13.9. The Morgan fingerprint density at radius 2 is 1.81 bits per heavy atom. The van der Waals surface area contributed by atoms with Crippen molar-refractivity contribution in [2.24, 2.45) is 14.1 Å². The number of hydrogen-bond acceptors (Lipinski definition) is 7. The number of aldehydes is 1. The van der Waals surface area contributed by atoms with E-state index in [0.717, 1.165) is 0 Å². The maximum absolute atomic E-state index is 12.4. The van der Waals surface area contributed by atoms with Gasteiger partial charge in [0.05, 0.1) is 22.6 Å². The third-order valence-corrected chi connectivity index (χ3v) is 4.62. The maximum Gasteiger partial charge on any atom is 0.328 e. The van der Waals surface area contributed by atoms with Crippen molar-refractivity contribution in [2.75, 3.05) is 18.5 Å². The van der Waals surface area contributed by atoms with E-state index < -0.39 is 17.4 Å². The molecule has 0 bridgehead atoms. The minimum absolute atomic E-state index is 0.0614. The van der Waals surface area contributed by atoms with E-state index in [2.05, 4.69) is 5.32 Å². The highest BCUT2D eigenvalue weighted by atomic mass is 16.6. The number of imidazole rings is 1. The highest BCUT2D eigenvalue weighted by Crippen LogP contribution is 2.30. The maximum atomic E-state index is 12.4. The number of aryl methyl sites for hydroxylation is 2. The van der Waals surface area contributed by atoms with Crippen LogP contribution in [-0.2, 0) is 18.9 Å². The molecule has 0 radical (unpaired) electrons. The molecule has 1 amide bonds. The Hall–Kier alpha value is -4.15. The number of aromatic nitrogens is 2. The first kappa shape index (κ1) is 21.6. The number of carbonyl (C=O) groups is 2. The van der Waals surface area contributed by atoms with Crippen LogP contribution >= 0.6 is 0 Å². The van der Waals surface area contributed by atoms with Crippen LogP contribution in [0.4, 0.5) is 11.4 Å². The van der Waals surface area contributed by atoms with E-state index in [1.807, 2.05) is 0 Å². The first-order valence-corrected chi connectivity index (χ1v) is 9.25. The van der Waals surface area contributed by atoms with E-state index in [9.17, 15) is 24.5 Å². The zero-order valence-electron chi connectivity index (χ0n) is 17.1. The number of nitro groups is 1. The van der Waals surface area contributed by atoms with Crippen molar-refractivity contribution in [1.29, 1.82) is 0 Å². The number of nitrogens with zero attached hydrogens (tertiary/aromatic N) is 3. The molecule has 3 aromatic rings. The zero-order valence-corrected chi connectivity index (χ0v) is 17.1. The van der Waals surface area contributed by atoms with Crippen molar-refractivity contribution in [3.63, 3.8) is 0 Å². The Balaban J connectivity index is 1.84. The highest BCUT2D eigenvalue weighted by Gasteiger charge is 2.21. The van der Waals surface area contributed by atoms with E-state index in [-0.39, 0.29) is 22.8 Å². The lowest BCUT2D eigenvalue weighted by Crippen LogP contribution is -2.21. The lowest BCUT2D eigenvalue weighted by atomic mass is 10.2. The summed E-state index contributed by atoms with van der Waals surface area (Å²) in [5.74, 6) is -0.102. The predicted molar refractivity (Wildman–Crippen MR) is 112 cm³/mol. The van der Waals surface area contributed by atoms with Crippen LogP contribution in [0.15, 0.2) is 35.1 Å². The van der Waals surface area contributed by atoms with Crippen molar-refractivity contribution < 1.29 is 24.0 Å². The minimum Gasteiger partial charge on any atom is -0.490 e. The molecule has 1 heterocycles. The first-order valence-electron chi connectivity index (χ1n) is 9.25. The second-order valence-electron chi connectivity index (χ2n) is 6.61. The molecule has 31 heavy (non-hydrogen) atoms. The SMILES string of the molecule is CCOc1cc(C=O)ccc1OCC(=O)Nc1cc2c(cc1[N+](=O)[O-])n(C)c(=O)n2C. The molecule has 0 aliphatic carbocycles. The molecular weight excluding hydrogens is 408 g/mol. The summed E-state index contributed by atoms with van der Waals surface area (Å²) in [4.78, 5) is 46.3. The van der Waals surface area contributed by atoms with E-state index in [0.29, 0.717) is 35.2 Å². The zero-order chi connectivity index (χ0) is 22.7. The van der Waals surface area contributed by atoms with Gasteiger partial charge in [0.1, 0.15) is 12.0 Å². The van der Waals surface area contributed by atoms with Gasteiger partial charge in [0, 0.05) is 25.7 Å². The molecule has 1 N–H and O–H groups in total. The van der Waals surface area contributed by atoms with Crippen LogP contribution in [0.3, 0.4) is 0 Å². The Kier molecular flexibility index (Phi) is 6.05. The number of carbonyl (C=O) groups excluding carboxylic acids is 2. The standard InChI is InChI=1S/C20H20N4O7/c1-4-30-18-7-12(10-25)5-6-17(18)31-11-19(26)21-13-8-15-16(9-14(13)24(28)29)23(3)20(27)22(15)2/h5-10H,4,11H2,1-3H3,(H,21,26). The largest absolute Gasteiger partial charge is 0.490 e. The second kappa shape index (κ2) is 8.69. The Bertz CT molecular complexity index is 1240. The normalized spacial score (nSPS) is 10.7. The minimum atomic E-state index is -0.648. The van der Waals surface area contributed by atoms with Crippen LogP contribution in [0.1, 0.15) is 17.3 Å². The van der Waals surface area contributed by atoms with Crippen molar-refractivity contribution in [2.45, 2.75) is 6.92 Å². The number of ether oxygens (including phenoxy) is 2. The van der Waals surface area contributed by atoms with E-state index in [1.165, 1.54) is 53.6 Å². The lowest BCUT2D eigenvalue weighted by molar-refractivity contribution is -0.383. The molecule has 0 saturated carbocycles. The Labute approximate surface area is 175 Å². The molecule has 0 aliphatic rings. The molecule has 0 atom stereocenters. The quantitative estimate of drug-likeness (QED) is 0.329. The summed E-state index contributed by atoms with van der Waals surface area (Å²) < 4.78 is 13.5. The van der Waals surface area contributed by atoms with Crippen molar-refractivity contribution in [1.82, 2.24) is 9.13 Å². The molecule has 0 unspecified atom stereocenters. The van der Waals surface area contributed by atoms with Crippen molar-refractivity contribution in [3.05, 3.63) is 56.5 Å². The number of fused-ring (bicyclic) bond motifs is 1. The molecule has 1 aromatic heterocycles. The molecule has 11 heteroatoms. The molecule has 0 saturated heterocycles. The fourth-order valence-electron chi connectivity index (χ4n) is 3.10. The third kappa shape index (κ3) is 4.25. The topological polar surface area (TPSA) is 135 Å². The summed E-state index contributed by atoms with van der Waals surface area (Å²) >= 11 is 0. The average Bonchev–Trinajstić information content (AvgIpc) is 2.96. The van der Waals surface area contributed by atoms with Crippen LogP contribution in [0.2, 0.25) is 0 Å². The number of benzene rings is 2. The predicted octanol–water partition coefficient (Wildman–Crippen LogP) is 2.01. The molecule has 3 rings (SSSR count). The average molecular weight is 428 g/mol. The van der Waals surface area contributed by atoms with Gasteiger partial charge < -0.3 is 14.8 Å². The molecule has 162 valence electrons. The highest BCUT2D eigenvalue weighted by molar-refractivity contribution is 5.97. The molecule has 0 aliphatic heterocycles. The van der Waals surface area contributed by atoms with Gasteiger partial charge in [-0.3, -0.25) is 28.8 Å². The number of nitrogens with one attached hydrogen (secondary N) is 1. The van der Waals surface area contributed by atoms with Crippen LogP contribution in [0, 0.1) is 10.1 Å². The van der Waals surface area contributed by atoms with Crippen LogP contribution in [-0.4, -0.2) is 39.5 Å². The van der Waals surface area contributed by atoms with Crippen LogP contribution in [0.5, 0.6) is 11.5 Å². The van der Waals surface area contributed by atoms with E-state index in [4.69, 9.17) is 9.47 Å². The Morgan fingerprint density at radius 3 is 2.42 bits per heavy atom. The summed E-state index contributed by atoms with van der Waals surface area (Å²) in [5.41, 5.74) is 0.416. The van der Waals surface area contributed by atoms with Crippen molar-refractivity contribution in [3.8, 4) is 11.5 Å². The Morgan fingerprint density at radius 1 is 1.13 bits per heavy atom. The fourth-order valence-corrected chi connectivity index (χ4v) is 3.10. The van der Waals surface area contributed by atoms with Gasteiger partial charge >= 0.3 is 5.69 Å².